The maximum atomic E-state index is 13.0. The molecule has 0 N–H and O–H groups in total. The van der Waals surface area contributed by atoms with Gasteiger partial charge in [0.05, 0.1) is 22.0 Å². The molecule has 0 saturated carbocycles. The molecular weight excluding hydrogens is 274 g/mol. The third-order valence-electron chi connectivity index (χ3n) is 2.42. The zero-order chi connectivity index (χ0) is 14.0. The molecule has 0 bridgehead atoms. The molecule has 0 aliphatic heterocycles. The van der Waals surface area contributed by atoms with Crippen LogP contribution >= 0.6 is 0 Å². The molecule has 1 heterocycles. The Morgan fingerprint density at radius 3 is 2.42 bits per heavy atom. The molecule has 0 spiro atoms. The Morgan fingerprint density at radius 2 is 1.84 bits per heavy atom. The lowest BCUT2D eigenvalue weighted by atomic mass is 10.3. The van der Waals surface area contributed by atoms with E-state index in [4.69, 9.17) is 0 Å². The van der Waals surface area contributed by atoms with Crippen molar-refractivity contribution >= 4 is 9.84 Å². The van der Waals surface area contributed by atoms with E-state index >= 15 is 0 Å². The molecule has 100 valence electrons. The van der Waals surface area contributed by atoms with Gasteiger partial charge in [-0.2, -0.15) is 0 Å². The predicted molar refractivity (Wildman–Crippen MR) is 64.0 cm³/mol. The number of aryl methyl sites for hydroxylation is 1. The zero-order valence-electron chi connectivity index (χ0n) is 9.97. The van der Waals surface area contributed by atoms with Gasteiger partial charge in [-0.15, -0.1) is 0 Å². The van der Waals surface area contributed by atoms with Crippen molar-refractivity contribution in [1.29, 1.82) is 0 Å². The van der Waals surface area contributed by atoms with Crippen molar-refractivity contribution in [3.8, 4) is 0 Å². The average Bonchev–Trinajstić information content (AvgIpc) is 2.35. The van der Waals surface area contributed by atoms with Crippen molar-refractivity contribution in [3.63, 3.8) is 0 Å². The summed E-state index contributed by atoms with van der Waals surface area (Å²) in [5.74, 6) is -2.70. The second-order valence-corrected chi connectivity index (χ2v) is 5.97. The summed E-state index contributed by atoms with van der Waals surface area (Å²) in [6.45, 7) is 1.72. The van der Waals surface area contributed by atoms with Gasteiger partial charge in [-0.3, -0.25) is 9.97 Å². The van der Waals surface area contributed by atoms with Crippen LogP contribution in [0.2, 0.25) is 0 Å². The fourth-order valence-electron chi connectivity index (χ4n) is 1.44. The van der Waals surface area contributed by atoms with E-state index in [0.717, 1.165) is 12.1 Å². The Bertz CT molecular complexity index is 700. The summed E-state index contributed by atoms with van der Waals surface area (Å²) in [7, 11) is -3.77. The van der Waals surface area contributed by atoms with Crippen LogP contribution in [0, 0.1) is 18.6 Å². The van der Waals surface area contributed by atoms with Crippen molar-refractivity contribution in [2.24, 2.45) is 0 Å². The number of nitrogens with zero attached hydrogens (tertiary/aromatic N) is 2. The Kier molecular flexibility index (Phi) is 3.57. The molecule has 0 atom stereocenters. The normalized spacial score (nSPS) is 11.5. The van der Waals surface area contributed by atoms with Crippen LogP contribution in [0.15, 0.2) is 35.5 Å². The minimum Gasteiger partial charge on any atom is -0.258 e. The number of rotatable bonds is 3. The number of aromatic nitrogens is 2. The largest absolute Gasteiger partial charge is 0.258 e. The van der Waals surface area contributed by atoms with Crippen molar-refractivity contribution in [2.75, 3.05) is 0 Å². The third-order valence-corrected chi connectivity index (χ3v) is 4.07. The van der Waals surface area contributed by atoms with E-state index in [9.17, 15) is 17.2 Å². The first kappa shape index (κ1) is 13.5. The van der Waals surface area contributed by atoms with Gasteiger partial charge >= 0.3 is 0 Å². The zero-order valence-corrected chi connectivity index (χ0v) is 10.8. The molecule has 19 heavy (non-hydrogen) atoms. The number of halogens is 2. The van der Waals surface area contributed by atoms with Crippen LogP contribution in [0.5, 0.6) is 0 Å². The van der Waals surface area contributed by atoms with Crippen LogP contribution in [0.4, 0.5) is 8.78 Å². The summed E-state index contributed by atoms with van der Waals surface area (Å²) in [4.78, 5) is 7.56. The second kappa shape index (κ2) is 5.00. The van der Waals surface area contributed by atoms with Crippen LogP contribution in [-0.4, -0.2) is 18.4 Å². The van der Waals surface area contributed by atoms with Crippen molar-refractivity contribution < 1.29 is 17.2 Å². The molecule has 7 heteroatoms. The predicted octanol–water partition coefficient (Wildman–Crippen LogP) is 2.04. The molecule has 1 aromatic carbocycles. The van der Waals surface area contributed by atoms with Crippen LogP contribution in [0.1, 0.15) is 11.4 Å². The fraction of sp³-hybridized carbons (Fsp3) is 0.167. The maximum absolute atomic E-state index is 13.0. The van der Waals surface area contributed by atoms with Crippen molar-refractivity contribution in [3.05, 3.63) is 53.6 Å². The van der Waals surface area contributed by atoms with Gasteiger partial charge < -0.3 is 0 Å². The topological polar surface area (TPSA) is 59.9 Å². The van der Waals surface area contributed by atoms with E-state index in [2.05, 4.69) is 9.97 Å². The third kappa shape index (κ3) is 3.11. The molecule has 0 unspecified atom stereocenters. The van der Waals surface area contributed by atoms with Gasteiger partial charge in [0.2, 0.25) is 0 Å². The molecular formula is C12H10F2N2O2S. The van der Waals surface area contributed by atoms with E-state index in [1.54, 1.807) is 6.92 Å². The van der Waals surface area contributed by atoms with Gasteiger partial charge in [-0.25, -0.2) is 17.2 Å². The molecule has 0 saturated heterocycles. The smallest absolute Gasteiger partial charge is 0.184 e. The molecule has 2 rings (SSSR count). The highest BCUT2D eigenvalue weighted by Crippen LogP contribution is 2.17. The van der Waals surface area contributed by atoms with Crippen LogP contribution in [0.25, 0.3) is 0 Å². The Balaban J connectivity index is 2.32. The Morgan fingerprint density at radius 1 is 1.11 bits per heavy atom. The highest BCUT2D eigenvalue weighted by Gasteiger charge is 2.18. The van der Waals surface area contributed by atoms with E-state index in [1.807, 2.05) is 0 Å². The van der Waals surface area contributed by atoms with Crippen LogP contribution in [0.3, 0.4) is 0 Å². The molecule has 2 aromatic rings. The molecule has 0 fully saturated rings. The molecule has 0 radical (unpaired) electrons. The molecule has 0 aliphatic carbocycles. The Hall–Kier alpha value is -1.89. The fourth-order valence-corrected chi connectivity index (χ4v) is 2.71. The summed E-state index contributed by atoms with van der Waals surface area (Å²) in [5.41, 5.74) is 0.907. The summed E-state index contributed by atoms with van der Waals surface area (Å²) in [6, 6.07) is 2.46. The molecule has 0 amide bonds. The quantitative estimate of drug-likeness (QED) is 0.809. The monoisotopic (exact) mass is 284 g/mol. The molecule has 4 nitrogen and oxygen atoms in total. The highest BCUT2D eigenvalue weighted by molar-refractivity contribution is 7.90. The summed E-state index contributed by atoms with van der Waals surface area (Å²) in [5, 5.41) is 0. The number of hydrogen-bond donors (Lipinski definition) is 0. The minimum absolute atomic E-state index is 0.246. The van der Waals surface area contributed by atoms with Crippen molar-refractivity contribution in [1.82, 2.24) is 9.97 Å². The lowest BCUT2D eigenvalue weighted by Crippen LogP contribution is -2.07. The highest BCUT2D eigenvalue weighted by atomic mass is 32.2. The minimum atomic E-state index is -3.77. The lowest BCUT2D eigenvalue weighted by Gasteiger charge is -2.04. The SMILES string of the molecule is Cc1cnc(CS(=O)(=O)c2ccc(F)c(F)c2)cn1. The first-order valence-corrected chi connectivity index (χ1v) is 6.99. The van der Waals surface area contributed by atoms with Gasteiger partial charge in [-0.1, -0.05) is 0 Å². The van der Waals surface area contributed by atoms with Gasteiger partial charge in [0, 0.05) is 12.4 Å². The summed E-state index contributed by atoms with van der Waals surface area (Å²) < 4.78 is 49.8. The first-order valence-electron chi connectivity index (χ1n) is 5.34. The first-order chi connectivity index (χ1) is 8.88. The van der Waals surface area contributed by atoms with E-state index in [1.165, 1.54) is 12.4 Å². The standard InChI is InChI=1S/C12H10F2N2O2S/c1-8-5-16-9(6-15-8)7-19(17,18)10-2-3-11(13)12(14)4-10/h2-6H,7H2,1H3. The summed E-state index contributed by atoms with van der Waals surface area (Å²) >= 11 is 0. The van der Waals surface area contributed by atoms with E-state index in [0.29, 0.717) is 11.8 Å². The van der Waals surface area contributed by atoms with E-state index < -0.39 is 27.2 Å². The van der Waals surface area contributed by atoms with Crippen LogP contribution < -0.4 is 0 Å². The average molecular weight is 284 g/mol. The summed E-state index contributed by atoms with van der Waals surface area (Å²) in [6.07, 6.45) is 2.78. The molecule has 0 aliphatic rings. The van der Waals surface area contributed by atoms with Gasteiger partial charge in [0.1, 0.15) is 0 Å². The van der Waals surface area contributed by atoms with Crippen molar-refractivity contribution in [2.45, 2.75) is 17.6 Å². The van der Waals surface area contributed by atoms with Gasteiger partial charge in [-0.05, 0) is 25.1 Å². The molecule has 1 aromatic heterocycles. The number of hydrogen-bond acceptors (Lipinski definition) is 4. The Labute approximate surface area is 109 Å². The van der Waals surface area contributed by atoms with Gasteiger partial charge in [0.15, 0.2) is 21.5 Å². The second-order valence-electron chi connectivity index (χ2n) is 3.98. The van der Waals surface area contributed by atoms with Crippen LogP contribution in [-0.2, 0) is 15.6 Å². The number of sulfone groups is 1. The number of benzene rings is 1. The van der Waals surface area contributed by atoms with E-state index in [-0.39, 0.29) is 10.6 Å². The maximum Gasteiger partial charge on any atom is 0.184 e. The van der Waals surface area contributed by atoms with Gasteiger partial charge in [0.25, 0.3) is 0 Å². The lowest BCUT2D eigenvalue weighted by molar-refractivity contribution is 0.504.